The van der Waals surface area contributed by atoms with Gasteiger partial charge in [0.05, 0.1) is 0 Å². The second-order valence-electron chi connectivity index (χ2n) is 4.81. The van der Waals surface area contributed by atoms with Crippen molar-refractivity contribution >= 4 is 11.6 Å². The van der Waals surface area contributed by atoms with Gasteiger partial charge in [-0.3, -0.25) is 4.79 Å². The Morgan fingerprint density at radius 3 is 2.38 bits per heavy atom. The molecule has 0 spiro atoms. The van der Waals surface area contributed by atoms with Crippen molar-refractivity contribution in [3.05, 3.63) is 30.3 Å². The number of anilines is 1. The third-order valence-corrected chi connectivity index (χ3v) is 3.43. The summed E-state index contributed by atoms with van der Waals surface area (Å²) < 4.78 is 0. The van der Waals surface area contributed by atoms with Crippen LogP contribution < -0.4 is 5.32 Å². The van der Waals surface area contributed by atoms with Crippen molar-refractivity contribution in [2.75, 3.05) is 5.32 Å². The molecule has 1 aromatic rings. The monoisotopic (exact) mass is 217 g/mol. The van der Waals surface area contributed by atoms with Gasteiger partial charge in [0.2, 0.25) is 5.91 Å². The first-order valence-corrected chi connectivity index (χ1v) is 6.11. The van der Waals surface area contributed by atoms with E-state index >= 15 is 0 Å². The van der Waals surface area contributed by atoms with Crippen LogP contribution in [0.15, 0.2) is 30.3 Å². The third kappa shape index (κ3) is 2.84. The van der Waals surface area contributed by atoms with E-state index in [0.717, 1.165) is 24.4 Å². The smallest absolute Gasteiger partial charge is 0.227 e. The first kappa shape index (κ1) is 11.2. The average molecular weight is 217 g/mol. The minimum atomic E-state index is 0.193. The Bertz CT molecular complexity index is 339. The topological polar surface area (TPSA) is 29.1 Å². The summed E-state index contributed by atoms with van der Waals surface area (Å²) in [5.41, 5.74) is 0.908. The van der Waals surface area contributed by atoms with E-state index in [0.29, 0.717) is 0 Å². The quantitative estimate of drug-likeness (QED) is 0.807. The second kappa shape index (κ2) is 5.15. The molecule has 16 heavy (non-hydrogen) atoms. The lowest BCUT2D eigenvalue weighted by molar-refractivity contribution is -0.121. The van der Waals surface area contributed by atoms with E-state index in [-0.39, 0.29) is 11.8 Å². The van der Waals surface area contributed by atoms with Crippen molar-refractivity contribution in [2.45, 2.75) is 32.6 Å². The molecule has 2 nitrogen and oxygen atoms in total. The summed E-state index contributed by atoms with van der Waals surface area (Å²) in [4.78, 5) is 12.0. The molecule has 1 fully saturated rings. The fraction of sp³-hybridized carbons (Fsp3) is 0.500. The molecule has 0 atom stereocenters. The van der Waals surface area contributed by atoms with Gasteiger partial charge in [-0.15, -0.1) is 0 Å². The van der Waals surface area contributed by atoms with Gasteiger partial charge >= 0.3 is 0 Å². The zero-order chi connectivity index (χ0) is 11.4. The van der Waals surface area contributed by atoms with Crippen molar-refractivity contribution < 1.29 is 4.79 Å². The van der Waals surface area contributed by atoms with Crippen LogP contribution in [-0.4, -0.2) is 5.91 Å². The molecule has 0 unspecified atom stereocenters. The van der Waals surface area contributed by atoms with Crippen molar-refractivity contribution in [1.82, 2.24) is 0 Å². The summed E-state index contributed by atoms with van der Waals surface area (Å²) >= 11 is 0. The SMILES string of the molecule is CC1CCC(C(=O)Nc2ccccc2)CC1. The fourth-order valence-electron chi connectivity index (χ4n) is 2.29. The van der Waals surface area contributed by atoms with Crippen LogP contribution in [0.2, 0.25) is 0 Å². The Kier molecular flexibility index (Phi) is 3.60. The molecule has 86 valence electrons. The molecule has 1 aliphatic carbocycles. The summed E-state index contributed by atoms with van der Waals surface area (Å²) in [5.74, 6) is 1.20. The van der Waals surface area contributed by atoms with Gasteiger partial charge < -0.3 is 5.32 Å². The Labute approximate surface area is 97.1 Å². The molecule has 1 saturated carbocycles. The largest absolute Gasteiger partial charge is 0.326 e. The van der Waals surface area contributed by atoms with Crippen LogP contribution in [0.4, 0.5) is 5.69 Å². The van der Waals surface area contributed by atoms with E-state index in [1.807, 2.05) is 30.3 Å². The van der Waals surface area contributed by atoms with Crippen LogP contribution in [0, 0.1) is 11.8 Å². The normalized spacial score (nSPS) is 25.1. The molecule has 0 heterocycles. The van der Waals surface area contributed by atoms with Gasteiger partial charge in [-0.1, -0.05) is 25.1 Å². The lowest BCUT2D eigenvalue weighted by Crippen LogP contribution is -2.26. The number of carbonyl (C=O) groups is 1. The Morgan fingerprint density at radius 2 is 1.75 bits per heavy atom. The fourth-order valence-corrected chi connectivity index (χ4v) is 2.29. The van der Waals surface area contributed by atoms with Gasteiger partial charge in [-0.25, -0.2) is 0 Å². The molecule has 1 N–H and O–H groups in total. The van der Waals surface area contributed by atoms with Gasteiger partial charge in [0.1, 0.15) is 0 Å². The molecule has 0 saturated heterocycles. The first-order valence-electron chi connectivity index (χ1n) is 6.11. The maximum absolute atomic E-state index is 12.0. The van der Waals surface area contributed by atoms with E-state index in [1.54, 1.807) is 0 Å². The molecule has 0 aromatic heterocycles. The highest BCUT2D eigenvalue weighted by molar-refractivity contribution is 5.92. The zero-order valence-electron chi connectivity index (χ0n) is 9.78. The van der Waals surface area contributed by atoms with E-state index in [9.17, 15) is 4.79 Å². The zero-order valence-corrected chi connectivity index (χ0v) is 9.78. The second-order valence-corrected chi connectivity index (χ2v) is 4.81. The van der Waals surface area contributed by atoms with Crippen molar-refractivity contribution in [2.24, 2.45) is 11.8 Å². The average Bonchev–Trinajstić information content (AvgIpc) is 2.31. The molecule has 0 bridgehead atoms. The maximum atomic E-state index is 12.0. The lowest BCUT2D eigenvalue weighted by Gasteiger charge is -2.25. The maximum Gasteiger partial charge on any atom is 0.227 e. The summed E-state index contributed by atoms with van der Waals surface area (Å²) in [5, 5.41) is 2.99. The van der Waals surface area contributed by atoms with E-state index in [2.05, 4.69) is 12.2 Å². The van der Waals surface area contributed by atoms with Crippen molar-refractivity contribution in [3.63, 3.8) is 0 Å². The number of nitrogens with one attached hydrogen (secondary N) is 1. The summed E-state index contributed by atoms with van der Waals surface area (Å²) in [7, 11) is 0. The molecule has 0 aliphatic heterocycles. The van der Waals surface area contributed by atoms with Crippen molar-refractivity contribution in [3.8, 4) is 0 Å². The highest BCUT2D eigenvalue weighted by atomic mass is 16.1. The number of para-hydroxylation sites is 1. The number of rotatable bonds is 2. The van der Waals surface area contributed by atoms with E-state index in [1.165, 1.54) is 12.8 Å². The molecular weight excluding hydrogens is 198 g/mol. The predicted molar refractivity (Wildman–Crippen MR) is 66.2 cm³/mol. The van der Waals surface area contributed by atoms with Gasteiger partial charge in [0.15, 0.2) is 0 Å². The number of carbonyl (C=O) groups excluding carboxylic acids is 1. The molecular formula is C14H19NO. The first-order chi connectivity index (χ1) is 7.75. The predicted octanol–water partition coefficient (Wildman–Crippen LogP) is 3.45. The minimum Gasteiger partial charge on any atom is -0.326 e. The molecule has 2 rings (SSSR count). The van der Waals surface area contributed by atoms with Gasteiger partial charge in [0.25, 0.3) is 0 Å². The van der Waals surface area contributed by atoms with Crippen LogP contribution in [0.3, 0.4) is 0 Å². The number of hydrogen-bond acceptors (Lipinski definition) is 1. The molecule has 1 aliphatic rings. The molecule has 1 aromatic carbocycles. The Hall–Kier alpha value is -1.31. The molecule has 1 amide bonds. The third-order valence-electron chi connectivity index (χ3n) is 3.43. The van der Waals surface area contributed by atoms with Crippen LogP contribution >= 0.6 is 0 Å². The van der Waals surface area contributed by atoms with E-state index in [4.69, 9.17) is 0 Å². The number of amides is 1. The minimum absolute atomic E-state index is 0.193. The van der Waals surface area contributed by atoms with Crippen LogP contribution in [0.1, 0.15) is 32.6 Å². The molecule has 2 heteroatoms. The standard InChI is InChI=1S/C14H19NO/c1-11-7-9-12(10-8-11)14(16)15-13-5-3-2-4-6-13/h2-6,11-12H,7-10H2,1H3,(H,15,16). The van der Waals surface area contributed by atoms with Gasteiger partial charge in [-0.2, -0.15) is 0 Å². The number of benzene rings is 1. The summed E-state index contributed by atoms with van der Waals surface area (Å²) in [6.07, 6.45) is 4.46. The van der Waals surface area contributed by atoms with Crippen molar-refractivity contribution in [1.29, 1.82) is 0 Å². The van der Waals surface area contributed by atoms with E-state index < -0.39 is 0 Å². The Morgan fingerprint density at radius 1 is 1.12 bits per heavy atom. The Balaban J connectivity index is 1.89. The summed E-state index contributed by atoms with van der Waals surface area (Å²) in [6.45, 7) is 2.27. The molecule has 0 radical (unpaired) electrons. The van der Waals surface area contributed by atoms with Crippen LogP contribution in [-0.2, 0) is 4.79 Å². The van der Waals surface area contributed by atoms with Crippen LogP contribution in [0.5, 0.6) is 0 Å². The van der Waals surface area contributed by atoms with Crippen LogP contribution in [0.25, 0.3) is 0 Å². The highest BCUT2D eigenvalue weighted by Crippen LogP contribution is 2.29. The number of hydrogen-bond donors (Lipinski definition) is 1. The lowest BCUT2D eigenvalue weighted by atomic mass is 9.82. The summed E-state index contributed by atoms with van der Waals surface area (Å²) in [6, 6.07) is 9.71. The van der Waals surface area contributed by atoms with Gasteiger partial charge in [0, 0.05) is 11.6 Å². The highest BCUT2D eigenvalue weighted by Gasteiger charge is 2.24. The van der Waals surface area contributed by atoms with Gasteiger partial charge in [-0.05, 0) is 43.7 Å².